The van der Waals surface area contributed by atoms with E-state index in [1.165, 1.54) is 6.20 Å². The molecule has 102 valence electrons. The fraction of sp³-hybridized carbons (Fsp3) is 0.308. The molecule has 2 rings (SSSR count). The first kappa shape index (κ1) is 13.6. The van der Waals surface area contributed by atoms with Crippen LogP contribution in [0.4, 0.5) is 5.88 Å². The van der Waals surface area contributed by atoms with Gasteiger partial charge in [-0.3, -0.25) is 4.72 Å². The highest BCUT2D eigenvalue weighted by Crippen LogP contribution is 2.28. The van der Waals surface area contributed by atoms with Crippen LogP contribution in [0, 0.1) is 6.92 Å². The molecule has 0 aliphatic heterocycles. The standard InChI is InChI=1S/C13H16N2O3S/c1-3-8-19(16,17)15-13-12(9-14-18-13)11-6-4-10(2)5-7-11/h4-7,9,15H,3,8H2,1-2H3. The van der Waals surface area contributed by atoms with Gasteiger partial charge < -0.3 is 4.52 Å². The second kappa shape index (κ2) is 5.44. The molecule has 6 heteroatoms. The van der Waals surface area contributed by atoms with Gasteiger partial charge in [0.1, 0.15) is 0 Å². The van der Waals surface area contributed by atoms with Gasteiger partial charge in [-0.1, -0.05) is 41.9 Å². The number of nitrogens with zero attached hydrogens (tertiary/aromatic N) is 1. The van der Waals surface area contributed by atoms with Gasteiger partial charge in [-0.05, 0) is 18.9 Å². The van der Waals surface area contributed by atoms with Gasteiger partial charge in [0.25, 0.3) is 0 Å². The molecule has 0 fully saturated rings. The Kier molecular flexibility index (Phi) is 3.90. The Balaban J connectivity index is 2.30. The number of hydrogen-bond donors (Lipinski definition) is 1. The van der Waals surface area contributed by atoms with Gasteiger partial charge in [0.2, 0.25) is 15.9 Å². The summed E-state index contributed by atoms with van der Waals surface area (Å²) in [6, 6.07) is 7.71. The first-order chi connectivity index (χ1) is 9.02. The molecule has 0 radical (unpaired) electrons. The number of rotatable bonds is 5. The molecule has 0 aliphatic rings. The van der Waals surface area contributed by atoms with Crippen LogP contribution in [0.25, 0.3) is 11.1 Å². The van der Waals surface area contributed by atoms with Crippen LogP contribution < -0.4 is 4.72 Å². The zero-order valence-corrected chi connectivity index (χ0v) is 11.7. The van der Waals surface area contributed by atoms with Crippen molar-refractivity contribution in [3.8, 4) is 11.1 Å². The lowest BCUT2D eigenvalue weighted by atomic mass is 10.1. The number of benzene rings is 1. The fourth-order valence-electron chi connectivity index (χ4n) is 1.71. The topological polar surface area (TPSA) is 72.2 Å². The zero-order valence-electron chi connectivity index (χ0n) is 10.9. The Morgan fingerprint density at radius 3 is 2.58 bits per heavy atom. The SMILES string of the molecule is CCCS(=O)(=O)Nc1oncc1-c1ccc(C)cc1. The predicted molar refractivity (Wildman–Crippen MR) is 74.4 cm³/mol. The third-order valence-corrected chi connectivity index (χ3v) is 4.10. The highest BCUT2D eigenvalue weighted by molar-refractivity contribution is 7.92. The smallest absolute Gasteiger partial charge is 0.245 e. The van der Waals surface area contributed by atoms with Crippen LogP contribution in [-0.4, -0.2) is 19.3 Å². The molecule has 5 nitrogen and oxygen atoms in total. The molecule has 2 aromatic rings. The summed E-state index contributed by atoms with van der Waals surface area (Å²) in [6.45, 7) is 3.79. The van der Waals surface area contributed by atoms with Gasteiger partial charge in [-0.25, -0.2) is 8.42 Å². The molecule has 1 heterocycles. The molecule has 0 unspecified atom stereocenters. The molecule has 19 heavy (non-hydrogen) atoms. The maximum Gasteiger partial charge on any atom is 0.245 e. The summed E-state index contributed by atoms with van der Waals surface area (Å²) in [5.74, 6) is 0.221. The zero-order chi connectivity index (χ0) is 13.9. The minimum atomic E-state index is -3.38. The van der Waals surface area contributed by atoms with Gasteiger partial charge in [-0.2, -0.15) is 0 Å². The van der Waals surface area contributed by atoms with E-state index in [9.17, 15) is 8.42 Å². The molecule has 0 spiro atoms. The van der Waals surface area contributed by atoms with Crippen molar-refractivity contribution < 1.29 is 12.9 Å². The van der Waals surface area contributed by atoms with Crippen molar-refractivity contribution in [3.63, 3.8) is 0 Å². The van der Waals surface area contributed by atoms with E-state index in [1.54, 1.807) is 6.92 Å². The molecule has 0 amide bonds. The third kappa shape index (κ3) is 3.35. The number of anilines is 1. The Hall–Kier alpha value is -1.82. The van der Waals surface area contributed by atoms with Crippen LogP contribution in [0.2, 0.25) is 0 Å². The molecule has 1 aromatic heterocycles. The molecular weight excluding hydrogens is 264 g/mol. The lowest BCUT2D eigenvalue weighted by molar-refractivity contribution is 0.435. The van der Waals surface area contributed by atoms with Crippen molar-refractivity contribution >= 4 is 15.9 Å². The van der Waals surface area contributed by atoms with E-state index >= 15 is 0 Å². The van der Waals surface area contributed by atoms with Crippen molar-refractivity contribution in [2.75, 3.05) is 10.5 Å². The number of hydrogen-bond acceptors (Lipinski definition) is 4. The van der Waals surface area contributed by atoms with Gasteiger partial charge in [0.05, 0.1) is 17.5 Å². The van der Waals surface area contributed by atoms with E-state index in [2.05, 4.69) is 9.88 Å². The number of sulfonamides is 1. The van der Waals surface area contributed by atoms with Crippen LogP contribution in [-0.2, 0) is 10.0 Å². The summed E-state index contributed by atoms with van der Waals surface area (Å²) < 4.78 is 30.9. The van der Waals surface area contributed by atoms with Crippen molar-refractivity contribution in [2.45, 2.75) is 20.3 Å². The molecule has 1 N–H and O–H groups in total. The average molecular weight is 280 g/mol. The highest BCUT2D eigenvalue weighted by atomic mass is 32.2. The maximum atomic E-state index is 11.7. The quantitative estimate of drug-likeness (QED) is 0.914. The molecule has 0 bridgehead atoms. The first-order valence-electron chi connectivity index (χ1n) is 6.04. The van der Waals surface area contributed by atoms with Crippen LogP contribution in [0.1, 0.15) is 18.9 Å². The Labute approximate surface area is 112 Å². The van der Waals surface area contributed by atoms with Gasteiger partial charge in [0, 0.05) is 0 Å². The van der Waals surface area contributed by atoms with Crippen LogP contribution >= 0.6 is 0 Å². The lowest BCUT2D eigenvalue weighted by Crippen LogP contribution is -2.16. The van der Waals surface area contributed by atoms with Gasteiger partial charge in [0.15, 0.2) is 0 Å². The van der Waals surface area contributed by atoms with Gasteiger partial charge in [-0.15, -0.1) is 0 Å². The molecule has 1 aromatic carbocycles. The van der Waals surface area contributed by atoms with Crippen molar-refractivity contribution in [3.05, 3.63) is 36.0 Å². The molecule has 0 saturated heterocycles. The third-order valence-electron chi connectivity index (χ3n) is 2.65. The molecule has 0 aliphatic carbocycles. The van der Waals surface area contributed by atoms with E-state index in [0.29, 0.717) is 12.0 Å². The van der Waals surface area contributed by atoms with E-state index in [0.717, 1.165) is 11.1 Å². The largest absolute Gasteiger partial charge is 0.337 e. The Morgan fingerprint density at radius 1 is 1.26 bits per heavy atom. The summed E-state index contributed by atoms with van der Waals surface area (Å²) in [5.41, 5.74) is 2.63. The predicted octanol–water partition coefficient (Wildman–Crippen LogP) is 2.80. The van der Waals surface area contributed by atoms with Crippen molar-refractivity contribution in [1.82, 2.24) is 5.16 Å². The highest BCUT2D eigenvalue weighted by Gasteiger charge is 2.16. The van der Waals surface area contributed by atoms with Crippen LogP contribution in [0.3, 0.4) is 0 Å². The average Bonchev–Trinajstić information content (AvgIpc) is 2.77. The maximum absolute atomic E-state index is 11.7. The normalized spacial score (nSPS) is 11.5. The number of aromatic nitrogens is 1. The first-order valence-corrected chi connectivity index (χ1v) is 7.69. The van der Waals surface area contributed by atoms with Gasteiger partial charge >= 0.3 is 0 Å². The van der Waals surface area contributed by atoms with Crippen molar-refractivity contribution in [2.24, 2.45) is 0 Å². The minimum absolute atomic E-state index is 0.0566. The summed E-state index contributed by atoms with van der Waals surface area (Å²) in [4.78, 5) is 0. The lowest BCUT2D eigenvalue weighted by Gasteiger charge is -2.05. The van der Waals surface area contributed by atoms with Crippen molar-refractivity contribution in [1.29, 1.82) is 0 Å². The molecule has 0 atom stereocenters. The van der Waals surface area contributed by atoms with E-state index in [-0.39, 0.29) is 11.6 Å². The molecular formula is C13H16N2O3S. The minimum Gasteiger partial charge on any atom is -0.337 e. The second-order valence-electron chi connectivity index (χ2n) is 4.36. The summed E-state index contributed by atoms with van der Waals surface area (Å²) in [7, 11) is -3.38. The molecule has 0 saturated carbocycles. The monoisotopic (exact) mass is 280 g/mol. The van der Waals surface area contributed by atoms with E-state index in [1.807, 2.05) is 31.2 Å². The van der Waals surface area contributed by atoms with Crippen LogP contribution in [0.15, 0.2) is 35.0 Å². The Bertz CT molecular complexity index is 645. The number of nitrogens with one attached hydrogen (secondary N) is 1. The van der Waals surface area contributed by atoms with E-state index < -0.39 is 10.0 Å². The summed E-state index contributed by atoms with van der Waals surface area (Å²) in [5, 5.41) is 3.66. The van der Waals surface area contributed by atoms with E-state index in [4.69, 9.17) is 4.52 Å². The second-order valence-corrected chi connectivity index (χ2v) is 6.20. The Morgan fingerprint density at radius 2 is 1.95 bits per heavy atom. The number of aryl methyl sites for hydroxylation is 1. The van der Waals surface area contributed by atoms with Crippen LogP contribution in [0.5, 0.6) is 0 Å². The summed E-state index contributed by atoms with van der Waals surface area (Å²) >= 11 is 0. The summed E-state index contributed by atoms with van der Waals surface area (Å²) in [6.07, 6.45) is 2.05. The fourth-order valence-corrected chi connectivity index (χ4v) is 2.78.